The molecule has 0 aromatic rings. The quantitative estimate of drug-likeness (QED) is 0.373. The molecule has 0 atom stereocenters. The molecule has 0 aliphatic heterocycles. The molecule has 0 spiro atoms. The average Bonchev–Trinajstić information content (AvgIpc) is 1.61. The Labute approximate surface area is 44.4 Å². The van der Waals surface area contributed by atoms with Crippen molar-refractivity contribution >= 4 is 12.6 Å². The van der Waals surface area contributed by atoms with E-state index < -0.39 is 0 Å². The minimum atomic E-state index is 0.876. The third-order valence-corrected chi connectivity index (χ3v) is 0.637. The lowest BCUT2D eigenvalue weighted by atomic mass is 10.5. The summed E-state index contributed by atoms with van der Waals surface area (Å²) >= 11 is 3.95. The van der Waals surface area contributed by atoms with Gasteiger partial charge in [-0.3, -0.25) is 0 Å². The lowest BCUT2D eigenvalue weighted by molar-refractivity contribution is 1.31. The van der Waals surface area contributed by atoms with Crippen molar-refractivity contribution in [2.24, 2.45) is 0 Å². The van der Waals surface area contributed by atoms with Crippen LogP contribution in [0, 0.1) is 11.8 Å². The van der Waals surface area contributed by atoms with Gasteiger partial charge in [-0.2, -0.15) is 12.6 Å². The SMILES string of the molecule is CC#CCCS. The molecule has 0 amide bonds. The molecule has 0 bridgehead atoms. The van der Waals surface area contributed by atoms with Gasteiger partial charge in [-0.25, -0.2) is 0 Å². The molecular formula is C5H8S. The molecule has 34 valence electrons. The van der Waals surface area contributed by atoms with E-state index in [0.29, 0.717) is 0 Å². The average molecular weight is 100 g/mol. The van der Waals surface area contributed by atoms with Gasteiger partial charge in [0.15, 0.2) is 0 Å². The van der Waals surface area contributed by atoms with Gasteiger partial charge >= 0.3 is 0 Å². The van der Waals surface area contributed by atoms with Crippen LogP contribution >= 0.6 is 12.6 Å². The van der Waals surface area contributed by atoms with Gasteiger partial charge in [0.1, 0.15) is 0 Å². The Hall–Kier alpha value is -0.0900. The molecule has 0 nitrogen and oxygen atoms in total. The number of rotatable bonds is 1. The summed E-state index contributed by atoms with van der Waals surface area (Å²) in [5.74, 6) is 6.52. The molecule has 0 unspecified atom stereocenters. The highest BCUT2D eigenvalue weighted by Gasteiger charge is 1.64. The van der Waals surface area contributed by atoms with E-state index in [1.807, 2.05) is 6.92 Å². The number of thiol groups is 1. The highest BCUT2D eigenvalue weighted by Crippen LogP contribution is 1.76. The summed E-state index contributed by atoms with van der Waals surface area (Å²) in [5, 5.41) is 0. The summed E-state index contributed by atoms with van der Waals surface area (Å²) in [6.07, 6.45) is 0.916. The summed E-state index contributed by atoms with van der Waals surface area (Å²) in [4.78, 5) is 0. The topological polar surface area (TPSA) is 0 Å². The van der Waals surface area contributed by atoms with Gasteiger partial charge in [-0.15, -0.1) is 11.8 Å². The Bertz CT molecular complexity index is 65.7. The van der Waals surface area contributed by atoms with Crippen molar-refractivity contribution in [1.82, 2.24) is 0 Å². The second kappa shape index (κ2) is 4.91. The van der Waals surface area contributed by atoms with E-state index >= 15 is 0 Å². The fourth-order valence-corrected chi connectivity index (χ4v) is 0.293. The predicted molar refractivity (Wildman–Crippen MR) is 31.9 cm³/mol. The van der Waals surface area contributed by atoms with Gasteiger partial charge in [-0.1, -0.05) is 0 Å². The van der Waals surface area contributed by atoms with Crippen molar-refractivity contribution < 1.29 is 0 Å². The zero-order chi connectivity index (χ0) is 4.83. The molecule has 0 fully saturated rings. The maximum Gasteiger partial charge on any atom is 0.0177 e. The standard InChI is InChI=1S/C5H8S/c1-2-3-4-5-6/h6H,4-5H2,1H3. The van der Waals surface area contributed by atoms with E-state index in [9.17, 15) is 0 Å². The zero-order valence-corrected chi connectivity index (χ0v) is 4.76. The highest BCUT2D eigenvalue weighted by molar-refractivity contribution is 7.80. The van der Waals surface area contributed by atoms with Crippen LogP contribution in [0.2, 0.25) is 0 Å². The Kier molecular flexibility index (Phi) is 4.84. The van der Waals surface area contributed by atoms with E-state index in [0.717, 1.165) is 12.2 Å². The van der Waals surface area contributed by atoms with Crippen LogP contribution in [0.5, 0.6) is 0 Å². The second-order valence-electron chi connectivity index (χ2n) is 0.900. The van der Waals surface area contributed by atoms with E-state index in [2.05, 4.69) is 24.5 Å². The first-order chi connectivity index (χ1) is 2.91. The van der Waals surface area contributed by atoms with Crippen LogP contribution in [0.25, 0.3) is 0 Å². The largest absolute Gasteiger partial charge is 0.178 e. The van der Waals surface area contributed by atoms with Crippen LogP contribution in [0.4, 0.5) is 0 Å². The van der Waals surface area contributed by atoms with Gasteiger partial charge in [0.2, 0.25) is 0 Å². The summed E-state index contributed by atoms with van der Waals surface area (Å²) < 4.78 is 0. The molecule has 0 rings (SSSR count). The molecule has 0 radical (unpaired) electrons. The predicted octanol–water partition coefficient (Wildman–Crippen LogP) is 1.33. The van der Waals surface area contributed by atoms with Gasteiger partial charge in [0.25, 0.3) is 0 Å². The van der Waals surface area contributed by atoms with E-state index in [-0.39, 0.29) is 0 Å². The summed E-state index contributed by atoms with van der Waals surface area (Å²) in [6.45, 7) is 1.84. The first-order valence-electron chi connectivity index (χ1n) is 1.92. The Morgan fingerprint density at radius 1 is 1.67 bits per heavy atom. The summed E-state index contributed by atoms with van der Waals surface area (Å²) in [6, 6.07) is 0. The lowest BCUT2D eigenvalue weighted by Gasteiger charge is -1.71. The van der Waals surface area contributed by atoms with Crippen LogP contribution in [-0.4, -0.2) is 5.75 Å². The second-order valence-corrected chi connectivity index (χ2v) is 1.35. The Balaban J connectivity index is 2.79. The Morgan fingerprint density at radius 2 is 2.33 bits per heavy atom. The molecule has 0 saturated heterocycles. The minimum Gasteiger partial charge on any atom is -0.178 e. The van der Waals surface area contributed by atoms with Crippen LogP contribution in [-0.2, 0) is 0 Å². The Morgan fingerprint density at radius 3 is 2.50 bits per heavy atom. The first-order valence-corrected chi connectivity index (χ1v) is 2.55. The smallest absolute Gasteiger partial charge is 0.0177 e. The van der Waals surface area contributed by atoms with Crippen LogP contribution < -0.4 is 0 Å². The molecule has 0 saturated carbocycles. The minimum absolute atomic E-state index is 0.876. The monoisotopic (exact) mass is 100 g/mol. The van der Waals surface area contributed by atoms with Crippen LogP contribution in [0.3, 0.4) is 0 Å². The maximum absolute atomic E-state index is 3.95. The molecule has 0 aromatic carbocycles. The van der Waals surface area contributed by atoms with Crippen molar-refractivity contribution in [2.75, 3.05) is 5.75 Å². The fraction of sp³-hybridized carbons (Fsp3) is 0.600. The third kappa shape index (κ3) is 3.91. The van der Waals surface area contributed by atoms with Gasteiger partial charge in [-0.05, 0) is 6.92 Å². The van der Waals surface area contributed by atoms with Gasteiger partial charge in [0, 0.05) is 12.2 Å². The first kappa shape index (κ1) is 5.91. The maximum atomic E-state index is 3.95. The number of hydrogen-bond acceptors (Lipinski definition) is 1. The fourth-order valence-electron chi connectivity index (χ4n) is 0.181. The molecule has 0 heterocycles. The van der Waals surface area contributed by atoms with Crippen molar-refractivity contribution in [2.45, 2.75) is 13.3 Å². The molecule has 1 heteroatoms. The summed E-state index contributed by atoms with van der Waals surface area (Å²) in [5.41, 5.74) is 0. The van der Waals surface area contributed by atoms with E-state index in [1.54, 1.807) is 0 Å². The van der Waals surface area contributed by atoms with Crippen molar-refractivity contribution in [3.05, 3.63) is 0 Å². The third-order valence-electron chi connectivity index (χ3n) is 0.414. The highest BCUT2D eigenvalue weighted by atomic mass is 32.1. The van der Waals surface area contributed by atoms with Gasteiger partial charge in [0.05, 0.1) is 0 Å². The zero-order valence-electron chi connectivity index (χ0n) is 3.86. The van der Waals surface area contributed by atoms with Crippen LogP contribution in [0.1, 0.15) is 13.3 Å². The molecular weight excluding hydrogens is 92.1 g/mol. The van der Waals surface area contributed by atoms with E-state index in [4.69, 9.17) is 0 Å². The molecule has 0 aromatic heterocycles. The number of hydrogen-bond donors (Lipinski definition) is 1. The lowest BCUT2D eigenvalue weighted by Crippen LogP contribution is -1.63. The summed E-state index contributed by atoms with van der Waals surface area (Å²) in [7, 11) is 0. The molecule has 0 aliphatic carbocycles. The van der Waals surface area contributed by atoms with Crippen molar-refractivity contribution in [3.8, 4) is 11.8 Å². The molecule has 0 N–H and O–H groups in total. The van der Waals surface area contributed by atoms with E-state index in [1.165, 1.54) is 0 Å². The van der Waals surface area contributed by atoms with Crippen LogP contribution in [0.15, 0.2) is 0 Å². The normalized spacial score (nSPS) is 6.33. The van der Waals surface area contributed by atoms with Gasteiger partial charge < -0.3 is 0 Å². The molecule has 0 aliphatic rings. The van der Waals surface area contributed by atoms with Crippen molar-refractivity contribution in [3.63, 3.8) is 0 Å². The molecule has 6 heavy (non-hydrogen) atoms. The van der Waals surface area contributed by atoms with Crippen molar-refractivity contribution in [1.29, 1.82) is 0 Å².